The molecule has 0 atom stereocenters. The topological polar surface area (TPSA) is 70.0 Å². The molecule has 0 aliphatic carbocycles. The van der Waals surface area contributed by atoms with Crippen molar-refractivity contribution >= 4 is 34.1 Å². The number of rotatable bonds is 10. The van der Waals surface area contributed by atoms with Gasteiger partial charge < -0.3 is 23.7 Å². The smallest absolute Gasteiger partial charge is 0.267 e. The lowest BCUT2D eigenvalue weighted by atomic mass is 10.1. The van der Waals surface area contributed by atoms with Gasteiger partial charge in [0.1, 0.15) is 5.56 Å². The van der Waals surface area contributed by atoms with Crippen molar-refractivity contribution < 1.29 is 19.0 Å². The summed E-state index contributed by atoms with van der Waals surface area (Å²) in [6.45, 7) is 5.29. The number of carbonyl (C=O) groups is 1. The van der Waals surface area contributed by atoms with Crippen LogP contribution in [0, 0.1) is 0 Å². The molecule has 0 saturated heterocycles. The summed E-state index contributed by atoms with van der Waals surface area (Å²) >= 11 is 6.49. The Balaban J connectivity index is 2.09. The van der Waals surface area contributed by atoms with Gasteiger partial charge in [-0.05, 0) is 38.1 Å². The Kier molecular flexibility index (Phi) is 8.27. The lowest BCUT2D eigenvalue weighted by molar-refractivity contribution is -0.0147. The van der Waals surface area contributed by atoms with E-state index < -0.39 is 11.5 Å². The van der Waals surface area contributed by atoms with Crippen molar-refractivity contribution in [2.45, 2.75) is 13.8 Å². The number of ether oxygens (including phenoxy) is 3. The number of fused-ring (bicyclic) bond motifs is 1. The quantitative estimate of drug-likeness (QED) is 0.335. The molecule has 0 radical (unpaired) electrons. The zero-order chi connectivity index (χ0) is 23.1. The van der Waals surface area contributed by atoms with Gasteiger partial charge in [-0.2, -0.15) is 0 Å². The van der Waals surface area contributed by atoms with E-state index in [-0.39, 0.29) is 18.1 Å². The summed E-state index contributed by atoms with van der Waals surface area (Å²) in [7, 11) is 1.61. The lowest BCUT2D eigenvalue weighted by Gasteiger charge is -2.23. The first-order valence-corrected chi connectivity index (χ1v) is 10.8. The van der Waals surface area contributed by atoms with E-state index in [0.29, 0.717) is 48.0 Å². The van der Waals surface area contributed by atoms with Crippen LogP contribution in [-0.2, 0) is 16.5 Å². The summed E-state index contributed by atoms with van der Waals surface area (Å²) in [4.78, 5) is 28.5. The molecule has 1 amide bonds. The molecule has 3 rings (SSSR count). The number of benzene rings is 2. The van der Waals surface area contributed by atoms with Crippen LogP contribution in [0.4, 0.5) is 5.69 Å². The number of aryl methyl sites for hydroxylation is 1. The van der Waals surface area contributed by atoms with Crippen molar-refractivity contribution in [1.82, 2.24) is 4.57 Å². The fourth-order valence-corrected chi connectivity index (χ4v) is 3.71. The number of anilines is 1. The molecule has 0 saturated carbocycles. The van der Waals surface area contributed by atoms with Gasteiger partial charge in [-0.15, -0.1) is 0 Å². The van der Waals surface area contributed by atoms with E-state index in [1.54, 1.807) is 25.2 Å². The van der Waals surface area contributed by atoms with Gasteiger partial charge >= 0.3 is 0 Å². The minimum atomic E-state index is -0.469. The number of carbonyl (C=O) groups excluding carboxylic acids is 1. The fourth-order valence-electron chi connectivity index (χ4n) is 3.46. The Bertz CT molecular complexity index is 1130. The highest BCUT2D eigenvalue weighted by atomic mass is 35.5. The second-order valence-electron chi connectivity index (χ2n) is 6.95. The van der Waals surface area contributed by atoms with E-state index >= 15 is 0 Å². The van der Waals surface area contributed by atoms with Crippen molar-refractivity contribution in [2.75, 3.05) is 38.1 Å². The molecule has 0 fully saturated rings. The van der Waals surface area contributed by atoms with Crippen LogP contribution >= 0.6 is 11.6 Å². The molecule has 32 heavy (non-hydrogen) atoms. The van der Waals surface area contributed by atoms with Gasteiger partial charge in [-0.1, -0.05) is 35.9 Å². The molecule has 0 aliphatic heterocycles. The van der Waals surface area contributed by atoms with Gasteiger partial charge in [-0.25, -0.2) is 0 Å². The zero-order valence-corrected chi connectivity index (χ0v) is 19.2. The highest BCUT2D eigenvalue weighted by Gasteiger charge is 2.28. The van der Waals surface area contributed by atoms with Crippen molar-refractivity contribution in [1.29, 1.82) is 0 Å². The number of halogens is 1. The zero-order valence-electron chi connectivity index (χ0n) is 18.5. The Labute approximate surface area is 192 Å². The number of hydrogen-bond donors (Lipinski definition) is 0. The molecule has 0 N–H and O–H groups in total. The summed E-state index contributed by atoms with van der Waals surface area (Å²) < 4.78 is 18.0. The van der Waals surface area contributed by atoms with E-state index in [9.17, 15) is 9.59 Å². The van der Waals surface area contributed by atoms with Crippen LogP contribution in [0.2, 0.25) is 5.02 Å². The average Bonchev–Trinajstić information content (AvgIpc) is 2.80. The first kappa shape index (κ1) is 23.8. The molecular formula is C24H27ClN2O5. The minimum absolute atomic E-state index is 0.0905. The third kappa shape index (κ3) is 4.96. The fraction of sp³-hybridized carbons (Fsp3) is 0.333. The Morgan fingerprint density at radius 1 is 1.03 bits per heavy atom. The Hall–Kier alpha value is -2.87. The van der Waals surface area contributed by atoms with Crippen LogP contribution < -0.4 is 15.2 Å². The summed E-state index contributed by atoms with van der Waals surface area (Å²) in [6, 6.07) is 14.4. The molecule has 3 aromatic rings. The molecule has 2 aromatic carbocycles. The van der Waals surface area contributed by atoms with E-state index in [2.05, 4.69) is 0 Å². The predicted octanol–water partition coefficient (Wildman–Crippen LogP) is 4.25. The number of hydrogen-bond acceptors (Lipinski definition) is 5. The van der Waals surface area contributed by atoms with Gasteiger partial charge in [0, 0.05) is 25.9 Å². The monoisotopic (exact) mass is 458 g/mol. The van der Waals surface area contributed by atoms with Crippen LogP contribution in [0.3, 0.4) is 0 Å². The minimum Gasteiger partial charge on any atom is -0.466 e. The average molecular weight is 459 g/mol. The molecule has 0 spiro atoms. The normalized spacial score (nSPS) is 11.0. The van der Waals surface area contributed by atoms with Gasteiger partial charge in [0.25, 0.3) is 11.5 Å². The number of nitrogens with zero attached hydrogens (tertiary/aromatic N) is 2. The second-order valence-corrected chi connectivity index (χ2v) is 7.36. The van der Waals surface area contributed by atoms with Gasteiger partial charge in [-0.3, -0.25) is 9.59 Å². The molecular weight excluding hydrogens is 432 g/mol. The van der Waals surface area contributed by atoms with Crippen LogP contribution in [-0.4, -0.2) is 43.6 Å². The molecule has 7 nitrogen and oxygen atoms in total. The molecule has 170 valence electrons. The van der Waals surface area contributed by atoms with Crippen LogP contribution in [0.15, 0.2) is 53.3 Å². The van der Waals surface area contributed by atoms with Crippen molar-refractivity contribution in [3.63, 3.8) is 0 Å². The maximum atomic E-state index is 13.6. The van der Waals surface area contributed by atoms with Gasteiger partial charge in [0.15, 0.2) is 12.5 Å². The van der Waals surface area contributed by atoms with Crippen LogP contribution in [0.5, 0.6) is 5.75 Å². The van der Waals surface area contributed by atoms with E-state index in [0.717, 1.165) is 0 Å². The number of aromatic nitrogens is 1. The summed E-state index contributed by atoms with van der Waals surface area (Å²) in [5.41, 5.74) is 0.682. The van der Waals surface area contributed by atoms with Crippen molar-refractivity contribution in [2.24, 2.45) is 7.05 Å². The SMILES string of the molecule is CCOCCOCOc1c(C(=O)N(CC)c2ccccc2)c(=O)n(C)c2cccc(Cl)c12. The number of para-hydroxylation sites is 1. The maximum Gasteiger partial charge on any atom is 0.267 e. The largest absolute Gasteiger partial charge is 0.466 e. The summed E-state index contributed by atoms with van der Waals surface area (Å²) in [5, 5.41) is 0.858. The van der Waals surface area contributed by atoms with Gasteiger partial charge in [0.05, 0.1) is 29.1 Å². The summed E-state index contributed by atoms with van der Waals surface area (Å²) in [5.74, 6) is -0.352. The highest BCUT2D eigenvalue weighted by molar-refractivity contribution is 6.36. The molecule has 1 aromatic heterocycles. The van der Waals surface area contributed by atoms with E-state index in [1.165, 1.54) is 9.47 Å². The van der Waals surface area contributed by atoms with Crippen LogP contribution in [0.25, 0.3) is 10.9 Å². The third-order valence-electron chi connectivity index (χ3n) is 5.03. The first-order valence-electron chi connectivity index (χ1n) is 10.5. The highest BCUT2D eigenvalue weighted by Crippen LogP contribution is 2.34. The Morgan fingerprint density at radius 3 is 2.44 bits per heavy atom. The lowest BCUT2D eigenvalue weighted by Crippen LogP contribution is -2.37. The standard InChI is InChI=1S/C24H27ClN2O5/c1-4-27(17-10-7-6-8-11-17)24(29)21-22(32-16-31-15-14-30-5-2)20-18(25)12-9-13-19(20)26(3)23(21)28/h6-13H,4-5,14-16H2,1-3H3. The number of amides is 1. The predicted molar refractivity (Wildman–Crippen MR) is 126 cm³/mol. The third-order valence-corrected chi connectivity index (χ3v) is 5.35. The number of pyridine rings is 1. The molecule has 0 bridgehead atoms. The van der Waals surface area contributed by atoms with Crippen molar-refractivity contribution in [3.8, 4) is 5.75 Å². The second kappa shape index (κ2) is 11.1. The first-order chi connectivity index (χ1) is 15.5. The van der Waals surface area contributed by atoms with Crippen molar-refractivity contribution in [3.05, 3.63) is 69.5 Å². The summed E-state index contributed by atoms with van der Waals surface area (Å²) in [6.07, 6.45) is 0. The Morgan fingerprint density at radius 2 is 1.75 bits per heavy atom. The molecule has 1 heterocycles. The van der Waals surface area contributed by atoms with E-state index in [1.807, 2.05) is 44.2 Å². The molecule has 0 unspecified atom stereocenters. The molecule has 0 aliphatic rings. The van der Waals surface area contributed by atoms with E-state index in [4.69, 9.17) is 25.8 Å². The molecule has 8 heteroatoms. The van der Waals surface area contributed by atoms with Gasteiger partial charge in [0.2, 0.25) is 0 Å². The maximum absolute atomic E-state index is 13.6. The van der Waals surface area contributed by atoms with Crippen LogP contribution in [0.1, 0.15) is 24.2 Å².